The van der Waals surface area contributed by atoms with E-state index in [2.05, 4.69) is 19.9 Å². The molecule has 0 atom stereocenters. The van der Waals surface area contributed by atoms with Crippen molar-refractivity contribution >= 4 is 52.3 Å². The molecule has 0 aromatic carbocycles. The summed E-state index contributed by atoms with van der Waals surface area (Å²) in [6.07, 6.45) is 1.39. The van der Waals surface area contributed by atoms with Gasteiger partial charge in [0.2, 0.25) is 5.28 Å². The molecule has 0 saturated carbocycles. The molecule has 13 heavy (non-hydrogen) atoms. The first-order chi connectivity index (χ1) is 5.27. The van der Waals surface area contributed by atoms with Crippen molar-refractivity contribution in [1.29, 1.82) is 0 Å². The summed E-state index contributed by atoms with van der Waals surface area (Å²) in [5, 5.41) is 0.0506. The van der Waals surface area contributed by atoms with Gasteiger partial charge in [0, 0.05) is 29.6 Å². The van der Waals surface area contributed by atoms with E-state index >= 15 is 0 Å². The Morgan fingerprint density at radius 3 is 2.85 bits per heavy atom. The van der Waals surface area contributed by atoms with Crippen LogP contribution in [0.5, 0.6) is 0 Å². The van der Waals surface area contributed by atoms with E-state index in [1.165, 1.54) is 6.33 Å². The van der Waals surface area contributed by atoms with Gasteiger partial charge in [-0.05, 0) is 11.6 Å². The second-order valence-corrected chi connectivity index (χ2v) is 2.32. The molecule has 0 aliphatic heterocycles. The molecule has 4 N–H and O–H groups in total. The fraction of sp³-hybridized carbons (Fsp3) is 0. The smallest absolute Gasteiger partial charge is 0.277 e. The summed E-state index contributed by atoms with van der Waals surface area (Å²) in [6, 6.07) is 0. The van der Waals surface area contributed by atoms with Crippen LogP contribution in [0.25, 0.3) is 11.2 Å². The molecule has 2 rings (SSSR count). The Labute approximate surface area is 99.3 Å². The number of nitrogens with zero attached hydrogens (tertiary/aromatic N) is 2. The second kappa shape index (κ2) is 4.73. The van der Waals surface area contributed by atoms with E-state index in [1.807, 2.05) is 0 Å². The van der Waals surface area contributed by atoms with Crippen molar-refractivity contribution in [1.82, 2.24) is 19.9 Å². The predicted molar refractivity (Wildman–Crippen MR) is 48.9 cm³/mol. The van der Waals surface area contributed by atoms with Crippen LogP contribution in [0, 0.1) is 0 Å². The summed E-state index contributed by atoms with van der Waals surface area (Å²) >= 11 is 5.46. The average molecular weight is 212 g/mol. The number of aromatic amines is 2. The van der Waals surface area contributed by atoms with Crippen molar-refractivity contribution in [3.63, 3.8) is 0 Å². The maximum atomic E-state index is 11.0. The molecular weight excluding hydrogens is 207 g/mol. The first kappa shape index (κ1) is 12.6. The number of H-pyrrole nitrogens is 2. The minimum absolute atomic E-state index is 0. The van der Waals surface area contributed by atoms with Crippen molar-refractivity contribution < 1.29 is 5.48 Å². The molecule has 0 fully saturated rings. The number of nitrogens with one attached hydrogen (secondary N) is 2. The third-order valence-electron chi connectivity index (χ3n) is 1.27. The van der Waals surface area contributed by atoms with E-state index in [4.69, 9.17) is 11.6 Å². The van der Waals surface area contributed by atoms with Gasteiger partial charge in [-0.15, -0.1) is 0 Å². The summed E-state index contributed by atoms with van der Waals surface area (Å²) in [5.41, 5.74) is 0.366. The average Bonchev–Trinajstić information content (AvgIpc) is 2.34. The minimum Gasteiger partial charge on any atom is -0.412 e. The summed E-state index contributed by atoms with van der Waals surface area (Å²) in [6.45, 7) is 0. The van der Waals surface area contributed by atoms with Crippen LogP contribution in [0.15, 0.2) is 11.1 Å². The van der Waals surface area contributed by atoms with Gasteiger partial charge in [-0.25, -0.2) is 4.98 Å². The van der Waals surface area contributed by atoms with Crippen LogP contribution in [0.2, 0.25) is 5.28 Å². The molecule has 2 aromatic rings. The largest absolute Gasteiger partial charge is 0.412 e. The van der Waals surface area contributed by atoms with Gasteiger partial charge in [-0.1, -0.05) is 0 Å². The topological polar surface area (TPSA) is 106 Å². The fourth-order valence-electron chi connectivity index (χ4n) is 0.816. The molecule has 0 unspecified atom stereocenters. The van der Waals surface area contributed by atoms with Crippen LogP contribution in [-0.2, 0) is 0 Å². The monoisotopic (exact) mass is 211 g/mol. The predicted octanol–water partition coefficient (Wildman–Crippen LogP) is -0.906. The molecule has 6 nitrogen and oxygen atoms in total. The van der Waals surface area contributed by atoms with Crippen molar-refractivity contribution in [2.24, 2.45) is 0 Å². The van der Waals surface area contributed by atoms with Crippen LogP contribution >= 0.6 is 11.6 Å². The summed E-state index contributed by atoms with van der Waals surface area (Å²) in [4.78, 5) is 23.5. The molecule has 0 aliphatic rings. The first-order valence-electron chi connectivity index (χ1n) is 2.86. The fourth-order valence-corrected chi connectivity index (χ4v) is 0.982. The van der Waals surface area contributed by atoms with E-state index < -0.39 is 0 Å². The molecular formula is C5H5ClN4NaO2. The maximum absolute atomic E-state index is 11.0. The van der Waals surface area contributed by atoms with Crippen molar-refractivity contribution in [2.45, 2.75) is 0 Å². The number of fused-ring (bicyclic) bond motifs is 1. The molecule has 2 aromatic heterocycles. The van der Waals surface area contributed by atoms with Crippen molar-refractivity contribution in [3.8, 4) is 0 Å². The van der Waals surface area contributed by atoms with Crippen LogP contribution in [-0.4, -0.2) is 55.0 Å². The van der Waals surface area contributed by atoms with Gasteiger partial charge < -0.3 is 10.5 Å². The Bertz CT molecular complexity index is 453. The number of hydrogen-bond acceptors (Lipinski definition) is 3. The standard InChI is InChI=1S/C5H3ClN4O.Na.H2O/c6-5-9-3-2(4(11)10-5)7-1-8-3;;/h1H,(H2,7,8,9,10,11);;1H2. The van der Waals surface area contributed by atoms with Gasteiger partial charge in [0.05, 0.1) is 6.33 Å². The number of hydrogen-bond donors (Lipinski definition) is 2. The summed E-state index contributed by atoms with van der Waals surface area (Å²) < 4.78 is 0. The molecule has 0 spiro atoms. The molecule has 8 heteroatoms. The zero-order chi connectivity index (χ0) is 7.84. The third kappa shape index (κ3) is 2.29. The Morgan fingerprint density at radius 2 is 2.15 bits per heavy atom. The molecule has 0 bridgehead atoms. The zero-order valence-corrected chi connectivity index (χ0v) is 9.51. The molecule has 0 saturated heterocycles. The Balaban J connectivity index is 0.000000720. The van der Waals surface area contributed by atoms with Crippen LogP contribution in [0.4, 0.5) is 0 Å². The Hall–Kier alpha value is -0.400. The van der Waals surface area contributed by atoms with Gasteiger partial charge in [0.1, 0.15) is 0 Å². The number of aromatic nitrogens is 4. The zero-order valence-electron chi connectivity index (χ0n) is 6.76. The number of rotatable bonds is 0. The van der Waals surface area contributed by atoms with E-state index in [1.54, 1.807) is 0 Å². The summed E-state index contributed by atoms with van der Waals surface area (Å²) in [5.74, 6) is 0. The quantitative estimate of drug-likeness (QED) is 0.435. The second-order valence-electron chi connectivity index (χ2n) is 1.96. The van der Waals surface area contributed by atoms with Crippen LogP contribution < -0.4 is 5.56 Å². The third-order valence-corrected chi connectivity index (χ3v) is 1.45. The number of imidazole rings is 1. The van der Waals surface area contributed by atoms with Gasteiger partial charge in [-0.2, -0.15) is 4.98 Å². The molecule has 2 heterocycles. The maximum Gasteiger partial charge on any atom is 0.277 e. The molecule has 65 valence electrons. The van der Waals surface area contributed by atoms with Crippen molar-refractivity contribution in [2.75, 3.05) is 0 Å². The Kier molecular flexibility index (Phi) is 4.58. The SMILES string of the molecule is O.O=c1[nH]c(Cl)nc2nc[nH]c12.[Na]. The molecule has 0 amide bonds. The molecule has 1 radical (unpaired) electrons. The van der Waals surface area contributed by atoms with E-state index in [0.717, 1.165) is 0 Å². The van der Waals surface area contributed by atoms with E-state index in [9.17, 15) is 4.79 Å². The first-order valence-corrected chi connectivity index (χ1v) is 3.24. The van der Waals surface area contributed by atoms with Gasteiger partial charge in [-0.3, -0.25) is 9.78 Å². The van der Waals surface area contributed by atoms with E-state index in [-0.39, 0.29) is 45.9 Å². The normalized spacial score (nSPS) is 9.00. The van der Waals surface area contributed by atoms with Crippen LogP contribution in [0.1, 0.15) is 0 Å². The molecule has 0 aliphatic carbocycles. The van der Waals surface area contributed by atoms with Gasteiger partial charge in [0.25, 0.3) is 5.56 Å². The van der Waals surface area contributed by atoms with Gasteiger partial charge >= 0.3 is 0 Å². The van der Waals surface area contributed by atoms with Crippen LogP contribution in [0.3, 0.4) is 0 Å². The van der Waals surface area contributed by atoms with Crippen molar-refractivity contribution in [3.05, 3.63) is 22.0 Å². The minimum atomic E-state index is -0.308. The van der Waals surface area contributed by atoms with E-state index in [0.29, 0.717) is 11.2 Å². The number of halogens is 1. The Morgan fingerprint density at radius 1 is 1.46 bits per heavy atom. The summed E-state index contributed by atoms with van der Waals surface area (Å²) in [7, 11) is 0. The van der Waals surface area contributed by atoms with Gasteiger partial charge in [0.15, 0.2) is 11.2 Å².